The number of hydrogen-bond acceptors (Lipinski definition) is 8. The smallest absolute Gasteiger partial charge is 0.242 e. The van der Waals surface area contributed by atoms with Gasteiger partial charge in [-0.25, -0.2) is 10.8 Å². The van der Waals surface area contributed by atoms with E-state index in [4.69, 9.17) is 5.84 Å². The van der Waals surface area contributed by atoms with Crippen LogP contribution in [0, 0.1) is 0 Å². The second-order valence-electron chi connectivity index (χ2n) is 3.67. The molecule has 2 aromatic heterocycles. The maximum atomic E-state index is 5.36. The average Bonchev–Trinajstić information content (AvgIpc) is 2.41. The number of aromatic nitrogens is 4. The first-order chi connectivity index (χ1) is 9.10. The van der Waals surface area contributed by atoms with Crippen LogP contribution in [0.1, 0.15) is 0 Å². The topological polar surface area (TPSA) is 92.9 Å². The van der Waals surface area contributed by atoms with Gasteiger partial charge in [0.15, 0.2) is 0 Å². The number of pyridine rings is 1. The van der Waals surface area contributed by atoms with E-state index in [2.05, 4.69) is 41.3 Å². The summed E-state index contributed by atoms with van der Waals surface area (Å²) in [5, 5.41) is 1.30. The van der Waals surface area contributed by atoms with Gasteiger partial charge in [-0.15, -0.1) is 0 Å². The summed E-state index contributed by atoms with van der Waals surface area (Å²) < 4.78 is 0.883. The van der Waals surface area contributed by atoms with Crippen LogP contribution in [0.5, 0.6) is 0 Å². The summed E-state index contributed by atoms with van der Waals surface area (Å²) in [6.07, 6.45) is 1.71. The van der Waals surface area contributed by atoms with E-state index in [-0.39, 0.29) is 0 Å². The predicted octanol–water partition coefficient (Wildman–Crippen LogP) is 1.53. The van der Waals surface area contributed by atoms with Crippen LogP contribution in [-0.2, 0) is 0 Å². The molecule has 2 heterocycles. The van der Waals surface area contributed by atoms with Crippen molar-refractivity contribution in [3.63, 3.8) is 0 Å². The SMILES string of the molecule is CN(C)c1nc(NN)nc(Sc2ncccc2Br)n1. The van der Waals surface area contributed by atoms with Crippen molar-refractivity contribution in [2.45, 2.75) is 10.2 Å². The number of anilines is 2. The van der Waals surface area contributed by atoms with Gasteiger partial charge in [0.25, 0.3) is 0 Å². The molecule has 0 unspecified atom stereocenters. The zero-order valence-electron chi connectivity index (χ0n) is 10.3. The third-order valence-corrected chi connectivity index (χ3v) is 3.83. The van der Waals surface area contributed by atoms with Gasteiger partial charge in [-0.2, -0.15) is 15.0 Å². The Morgan fingerprint density at radius 3 is 2.74 bits per heavy atom. The number of nitrogens with two attached hydrogens (primary N) is 1. The number of nitrogens with zero attached hydrogens (tertiary/aromatic N) is 5. The van der Waals surface area contributed by atoms with Crippen LogP contribution in [0.2, 0.25) is 0 Å². The third kappa shape index (κ3) is 3.52. The summed E-state index contributed by atoms with van der Waals surface area (Å²) in [7, 11) is 3.70. The molecule has 0 fully saturated rings. The monoisotopic (exact) mass is 341 g/mol. The van der Waals surface area contributed by atoms with Crippen molar-refractivity contribution in [3.8, 4) is 0 Å². The van der Waals surface area contributed by atoms with Gasteiger partial charge in [0.2, 0.25) is 17.1 Å². The number of halogens is 1. The molecule has 0 aliphatic rings. The van der Waals surface area contributed by atoms with Crippen molar-refractivity contribution in [1.82, 2.24) is 19.9 Å². The Morgan fingerprint density at radius 1 is 1.32 bits per heavy atom. The molecule has 2 rings (SSSR count). The van der Waals surface area contributed by atoms with Crippen LogP contribution in [0.4, 0.5) is 11.9 Å². The normalized spacial score (nSPS) is 10.3. The van der Waals surface area contributed by atoms with E-state index >= 15 is 0 Å². The molecule has 7 nitrogen and oxygen atoms in total. The van der Waals surface area contributed by atoms with E-state index < -0.39 is 0 Å². The first-order valence-electron chi connectivity index (χ1n) is 5.28. The molecule has 0 saturated heterocycles. The number of nitrogen functional groups attached to an aromatic ring is 1. The van der Waals surface area contributed by atoms with Gasteiger partial charge < -0.3 is 4.90 Å². The highest BCUT2D eigenvalue weighted by Gasteiger charge is 2.11. The Kier molecular flexibility index (Phi) is 4.51. The zero-order chi connectivity index (χ0) is 13.8. The van der Waals surface area contributed by atoms with Crippen LogP contribution in [0.25, 0.3) is 0 Å². The van der Waals surface area contributed by atoms with E-state index in [0.717, 1.165) is 9.50 Å². The fourth-order valence-electron chi connectivity index (χ4n) is 1.19. The van der Waals surface area contributed by atoms with Gasteiger partial charge in [-0.1, -0.05) is 0 Å². The van der Waals surface area contributed by atoms with Gasteiger partial charge >= 0.3 is 0 Å². The standard InChI is InChI=1S/C10H12BrN7S/c1-18(2)9-14-8(17-12)15-10(16-9)19-7-6(11)4-3-5-13-7/h3-5H,12H2,1-2H3,(H,14,15,16,17). The van der Waals surface area contributed by atoms with E-state index in [1.54, 1.807) is 11.1 Å². The molecule has 0 radical (unpaired) electrons. The van der Waals surface area contributed by atoms with Crippen LogP contribution < -0.4 is 16.2 Å². The first kappa shape index (κ1) is 14.0. The van der Waals surface area contributed by atoms with Crippen molar-refractivity contribution >= 4 is 39.6 Å². The minimum Gasteiger partial charge on any atom is -0.347 e. The third-order valence-electron chi connectivity index (χ3n) is 2.04. The molecule has 0 aliphatic heterocycles. The molecular weight excluding hydrogens is 330 g/mol. The van der Waals surface area contributed by atoms with Gasteiger partial charge in [0, 0.05) is 20.3 Å². The number of hydrazine groups is 1. The fraction of sp³-hybridized carbons (Fsp3) is 0.200. The Morgan fingerprint density at radius 2 is 2.11 bits per heavy atom. The lowest BCUT2D eigenvalue weighted by Gasteiger charge is -2.12. The van der Waals surface area contributed by atoms with Crippen LogP contribution >= 0.6 is 27.7 Å². The molecule has 19 heavy (non-hydrogen) atoms. The second kappa shape index (κ2) is 6.13. The maximum absolute atomic E-state index is 5.36. The molecule has 100 valence electrons. The Bertz CT molecular complexity index is 578. The molecule has 0 amide bonds. The summed E-state index contributed by atoms with van der Waals surface area (Å²) in [4.78, 5) is 18.7. The maximum Gasteiger partial charge on any atom is 0.242 e. The largest absolute Gasteiger partial charge is 0.347 e. The van der Waals surface area contributed by atoms with Crippen molar-refractivity contribution in [1.29, 1.82) is 0 Å². The molecule has 3 N–H and O–H groups in total. The summed E-state index contributed by atoms with van der Waals surface area (Å²) in [6, 6.07) is 3.76. The highest BCUT2D eigenvalue weighted by molar-refractivity contribution is 9.10. The second-order valence-corrected chi connectivity index (χ2v) is 5.48. The van der Waals surface area contributed by atoms with E-state index in [0.29, 0.717) is 17.1 Å². The van der Waals surface area contributed by atoms with Crippen LogP contribution in [0.3, 0.4) is 0 Å². The Balaban J connectivity index is 2.34. The fourth-order valence-corrected chi connectivity index (χ4v) is 2.40. The molecule has 0 aromatic carbocycles. The van der Waals surface area contributed by atoms with Crippen molar-refractivity contribution in [3.05, 3.63) is 22.8 Å². The molecule has 0 atom stereocenters. The summed E-state index contributed by atoms with van der Waals surface area (Å²) in [5.41, 5.74) is 2.43. The number of hydrogen-bond donors (Lipinski definition) is 2. The highest BCUT2D eigenvalue weighted by atomic mass is 79.9. The Labute approximate surface area is 123 Å². The molecule has 0 spiro atoms. The molecule has 0 saturated carbocycles. The van der Waals surface area contributed by atoms with E-state index in [1.165, 1.54) is 11.8 Å². The number of rotatable bonds is 4. The van der Waals surface area contributed by atoms with Crippen molar-refractivity contribution < 1.29 is 0 Å². The number of nitrogens with one attached hydrogen (secondary N) is 1. The minimum atomic E-state index is 0.313. The van der Waals surface area contributed by atoms with Crippen LogP contribution in [-0.4, -0.2) is 34.0 Å². The molecule has 9 heteroatoms. The lowest BCUT2D eigenvalue weighted by molar-refractivity contribution is 0.863. The first-order valence-corrected chi connectivity index (χ1v) is 6.89. The lowest BCUT2D eigenvalue weighted by atomic mass is 10.5. The van der Waals surface area contributed by atoms with E-state index in [1.807, 2.05) is 26.2 Å². The van der Waals surface area contributed by atoms with Crippen molar-refractivity contribution in [2.24, 2.45) is 5.84 Å². The molecule has 0 aliphatic carbocycles. The van der Waals surface area contributed by atoms with Gasteiger partial charge in [-0.3, -0.25) is 5.43 Å². The van der Waals surface area contributed by atoms with E-state index in [9.17, 15) is 0 Å². The van der Waals surface area contributed by atoms with Crippen LogP contribution in [0.15, 0.2) is 33.0 Å². The summed E-state index contributed by atoms with van der Waals surface area (Å²) in [6.45, 7) is 0. The highest BCUT2D eigenvalue weighted by Crippen LogP contribution is 2.30. The van der Waals surface area contributed by atoms with Gasteiger partial charge in [-0.05, 0) is 39.8 Å². The molecule has 2 aromatic rings. The summed E-state index contributed by atoms with van der Waals surface area (Å²) >= 11 is 4.76. The van der Waals surface area contributed by atoms with Gasteiger partial charge in [0.1, 0.15) is 5.03 Å². The van der Waals surface area contributed by atoms with Crippen molar-refractivity contribution in [2.75, 3.05) is 24.4 Å². The molecular formula is C10H12BrN7S. The Hall–Kier alpha value is -1.45. The molecule has 0 bridgehead atoms. The minimum absolute atomic E-state index is 0.313. The average molecular weight is 342 g/mol. The van der Waals surface area contributed by atoms with Gasteiger partial charge in [0.05, 0.1) is 4.47 Å². The summed E-state index contributed by atoms with van der Waals surface area (Å²) in [5.74, 6) is 6.19. The quantitative estimate of drug-likeness (QED) is 0.638. The lowest BCUT2D eigenvalue weighted by Crippen LogP contribution is -2.17. The zero-order valence-corrected chi connectivity index (χ0v) is 12.7. The predicted molar refractivity (Wildman–Crippen MR) is 78.0 cm³/mol.